The Hall–Kier alpha value is -2.37. The van der Waals surface area contributed by atoms with Crippen LogP contribution in [0.4, 0.5) is 4.39 Å². The molecule has 0 saturated carbocycles. The largest absolute Gasteiger partial charge is 0.482 e. The van der Waals surface area contributed by atoms with Crippen molar-refractivity contribution in [2.45, 2.75) is 20.0 Å². The van der Waals surface area contributed by atoms with Crippen LogP contribution in [0.15, 0.2) is 24.3 Å². The molecule has 20 heavy (non-hydrogen) atoms. The fraction of sp³-hybridized carbons (Fsp3) is 0.286. The zero-order valence-electron chi connectivity index (χ0n) is 11.1. The van der Waals surface area contributed by atoms with E-state index < -0.39 is 17.8 Å². The zero-order chi connectivity index (χ0) is 15.1. The van der Waals surface area contributed by atoms with Gasteiger partial charge < -0.3 is 14.6 Å². The Morgan fingerprint density at radius 1 is 1.35 bits per heavy atom. The second-order valence-electron chi connectivity index (χ2n) is 4.22. The minimum absolute atomic E-state index is 0.121. The molecule has 0 spiro atoms. The van der Waals surface area contributed by atoms with E-state index in [0.29, 0.717) is 5.56 Å². The Balaban J connectivity index is 2.71. The molecule has 0 aliphatic heterocycles. The van der Waals surface area contributed by atoms with Gasteiger partial charge in [-0.3, -0.25) is 0 Å². The third-order valence-electron chi connectivity index (χ3n) is 2.04. The van der Waals surface area contributed by atoms with Crippen molar-refractivity contribution >= 4 is 18.0 Å². The number of benzene rings is 1. The average Bonchev–Trinajstić information content (AvgIpc) is 2.32. The van der Waals surface area contributed by atoms with Crippen LogP contribution in [0.5, 0.6) is 5.75 Å². The molecule has 0 radical (unpaired) electrons. The van der Waals surface area contributed by atoms with Crippen molar-refractivity contribution in [1.82, 2.24) is 0 Å². The van der Waals surface area contributed by atoms with Crippen molar-refractivity contribution in [3.8, 4) is 5.75 Å². The number of esters is 1. The molecule has 1 rings (SSSR count). The Morgan fingerprint density at radius 3 is 2.65 bits per heavy atom. The lowest BCUT2D eigenvalue weighted by molar-refractivity contribution is -0.149. The number of halogens is 1. The lowest BCUT2D eigenvalue weighted by Crippen LogP contribution is -2.18. The number of aliphatic carboxylic acids is 1. The number of carbonyl (C=O) groups excluding carboxylic acids is 1. The van der Waals surface area contributed by atoms with Crippen LogP contribution in [0, 0.1) is 5.82 Å². The molecule has 0 aliphatic rings. The van der Waals surface area contributed by atoms with Crippen LogP contribution in [0.2, 0.25) is 0 Å². The summed E-state index contributed by atoms with van der Waals surface area (Å²) < 4.78 is 23.3. The molecule has 0 aromatic heterocycles. The predicted molar refractivity (Wildman–Crippen MR) is 69.8 cm³/mol. The van der Waals surface area contributed by atoms with Crippen molar-refractivity contribution < 1.29 is 28.6 Å². The fourth-order valence-electron chi connectivity index (χ4n) is 1.37. The van der Waals surface area contributed by atoms with Crippen molar-refractivity contribution in [2.24, 2.45) is 0 Å². The Kier molecular flexibility index (Phi) is 5.71. The second-order valence-corrected chi connectivity index (χ2v) is 4.22. The van der Waals surface area contributed by atoms with Crippen molar-refractivity contribution in [3.05, 3.63) is 35.7 Å². The van der Waals surface area contributed by atoms with Crippen LogP contribution < -0.4 is 4.74 Å². The maximum atomic E-state index is 13.3. The first-order valence-corrected chi connectivity index (χ1v) is 5.90. The van der Waals surface area contributed by atoms with Crippen LogP contribution in [-0.4, -0.2) is 29.8 Å². The summed E-state index contributed by atoms with van der Waals surface area (Å²) in [5.41, 5.74) is 0.319. The van der Waals surface area contributed by atoms with E-state index in [1.165, 1.54) is 12.1 Å². The van der Waals surface area contributed by atoms with E-state index in [1.54, 1.807) is 13.8 Å². The first-order chi connectivity index (χ1) is 9.36. The molecule has 0 saturated heterocycles. The molecule has 1 aromatic carbocycles. The molecular formula is C14H15FO5. The summed E-state index contributed by atoms with van der Waals surface area (Å²) in [7, 11) is 0. The van der Waals surface area contributed by atoms with Gasteiger partial charge in [-0.1, -0.05) is 0 Å². The van der Waals surface area contributed by atoms with E-state index in [0.717, 1.165) is 18.2 Å². The van der Waals surface area contributed by atoms with Crippen LogP contribution in [0.3, 0.4) is 0 Å². The molecule has 0 aliphatic carbocycles. The number of ether oxygens (including phenoxy) is 2. The highest BCUT2D eigenvalue weighted by atomic mass is 19.1. The summed E-state index contributed by atoms with van der Waals surface area (Å²) in [4.78, 5) is 21.7. The first kappa shape index (κ1) is 15.7. The highest BCUT2D eigenvalue weighted by Crippen LogP contribution is 2.17. The normalized spacial score (nSPS) is 10.8. The molecule has 1 aromatic rings. The molecular weight excluding hydrogens is 267 g/mol. The van der Waals surface area contributed by atoms with E-state index in [4.69, 9.17) is 14.6 Å². The van der Waals surface area contributed by atoms with Crippen LogP contribution in [0.25, 0.3) is 6.08 Å². The Morgan fingerprint density at radius 2 is 2.05 bits per heavy atom. The number of carboxylic acid groups (broad SMARTS) is 1. The summed E-state index contributed by atoms with van der Waals surface area (Å²) in [6.07, 6.45) is 1.85. The maximum Gasteiger partial charge on any atom is 0.344 e. The molecule has 108 valence electrons. The second kappa shape index (κ2) is 7.28. The SMILES string of the molecule is CC(C)OC(=O)COc1cc(F)cc(/C=C/C(=O)O)c1. The Labute approximate surface area is 115 Å². The van der Waals surface area contributed by atoms with E-state index in [1.807, 2.05) is 0 Å². The van der Waals surface area contributed by atoms with Gasteiger partial charge >= 0.3 is 11.9 Å². The number of rotatable bonds is 6. The molecule has 0 fully saturated rings. The van der Waals surface area contributed by atoms with Gasteiger partial charge in [-0.15, -0.1) is 0 Å². The zero-order valence-corrected chi connectivity index (χ0v) is 11.1. The summed E-state index contributed by atoms with van der Waals surface area (Å²) in [5, 5.41) is 8.50. The molecule has 0 heterocycles. The minimum Gasteiger partial charge on any atom is -0.482 e. The molecule has 5 nitrogen and oxygen atoms in total. The van der Waals surface area contributed by atoms with Crippen molar-refractivity contribution in [3.63, 3.8) is 0 Å². The molecule has 6 heteroatoms. The maximum absolute atomic E-state index is 13.3. The van der Waals surface area contributed by atoms with Gasteiger partial charge in [0.25, 0.3) is 0 Å². The van der Waals surface area contributed by atoms with Gasteiger partial charge in [-0.25, -0.2) is 14.0 Å². The van der Waals surface area contributed by atoms with Gasteiger partial charge in [0.2, 0.25) is 0 Å². The van der Waals surface area contributed by atoms with Gasteiger partial charge in [0, 0.05) is 12.1 Å². The number of hydrogen-bond donors (Lipinski definition) is 1. The van der Waals surface area contributed by atoms with Gasteiger partial charge in [-0.05, 0) is 37.6 Å². The van der Waals surface area contributed by atoms with E-state index in [2.05, 4.69) is 0 Å². The van der Waals surface area contributed by atoms with Crippen LogP contribution >= 0.6 is 0 Å². The molecule has 0 bridgehead atoms. The summed E-state index contributed by atoms with van der Waals surface area (Å²) in [6, 6.07) is 3.67. The van der Waals surface area contributed by atoms with E-state index in [-0.39, 0.29) is 18.5 Å². The number of carboxylic acids is 1. The van der Waals surface area contributed by atoms with Gasteiger partial charge in [0.05, 0.1) is 6.10 Å². The van der Waals surface area contributed by atoms with E-state index in [9.17, 15) is 14.0 Å². The third kappa shape index (κ3) is 5.99. The van der Waals surface area contributed by atoms with Crippen LogP contribution in [-0.2, 0) is 14.3 Å². The fourth-order valence-corrected chi connectivity index (χ4v) is 1.37. The van der Waals surface area contributed by atoms with Gasteiger partial charge in [0.1, 0.15) is 11.6 Å². The number of carbonyl (C=O) groups is 2. The highest BCUT2D eigenvalue weighted by Gasteiger charge is 2.07. The highest BCUT2D eigenvalue weighted by molar-refractivity contribution is 5.85. The summed E-state index contributed by atoms with van der Waals surface area (Å²) >= 11 is 0. The molecule has 0 amide bonds. The van der Waals surface area contributed by atoms with Gasteiger partial charge in [0.15, 0.2) is 6.61 Å². The van der Waals surface area contributed by atoms with Crippen molar-refractivity contribution in [2.75, 3.05) is 6.61 Å². The lowest BCUT2D eigenvalue weighted by Gasteiger charge is -2.09. The van der Waals surface area contributed by atoms with E-state index >= 15 is 0 Å². The smallest absolute Gasteiger partial charge is 0.344 e. The topological polar surface area (TPSA) is 72.8 Å². The predicted octanol–water partition coefficient (Wildman–Crippen LogP) is 2.25. The molecule has 1 N–H and O–H groups in total. The quantitative estimate of drug-likeness (QED) is 0.640. The third-order valence-corrected chi connectivity index (χ3v) is 2.04. The lowest BCUT2D eigenvalue weighted by atomic mass is 10.2. The standard InChI is InChI=1S/C14H15FO5/c1-9(2)20-14(18)8-19-12-6-10(3-4-13(16)17)5-11(15)7-12/h3-7,9H,8H2,1-2H3,(H,16,17)/b4-3+. The van der Waals surface area contributed by atoms with Gasteiger partial charge in [-0.2, -0.15) is 0 Å². The number of hydrogen-bond acceptors (Lipinski definition) is 4. The van der Waals surface area contributed by atoms with Crippen molar-refractivity contribution in [1.29, 1.82) is 0 Å². The molecule has 0 unspecified atom stereocenters. The molecule has 0 atom stereocenters. The summed E-state index contributed by atoms with van der Waals surface area (Å²) in [5.74, 6) is -2.18. The summed E-state index contributed by atoms with van der Waals surface area (Å²) in [6.45, 7) is 3.06. The minimum atomic E-state index is -1.14. The average molecular weight is 282 g/mol. The Bertz CT molecular complexity index is 522. The van der Waals surface area contributed by atoms with Crippen LogP contribution in [0.1, 0.15) is 19.4 Å². The first-order valence-electron chi connectivity index (χ1n) is 5.90. The monoisotopic (exact) mass is 282 g/mol.